The van der Waals surface area contributed by atoms with Gasteiger partial charge in [-0.3, -0.25) is 4.98 Å². The lowest BCUT2D eigenvalue weighted by atomic mass is 9.92. The second-order valence-corrected chi connectivity index (χ2v) is 10.3. The molecule has 0 aliphatic heterocycles. The van der Waals surface area contributed by atoms with Crippen LogP contribution in [0.5, 0.6) is 0 Å². The molecule has 0 aliphatic carbocycles. The third-order valence-electron chi connectivity index (χ3n) is 6.24. The zero-order valence-electron chi connectivity index (χ0n) is 20.5. The Bertz CT molecular complexity index is 1490. The van der Waals surface area contributed by atoms with E-state index in [1.54, 1.807) is 0 Å². The molecule has 0 fully saturated rings. The number of hydrogen-bond donors (Lipinski definition) is 0. The predicted molar refractivity (Wildman–Crippen MR) is 139 cm³/mol. The van der Waals surface area contributed by atoms with Crippen LogP contribution in [-0.2, 0) is 12.8 Å². The summed E-state index contributed by atoms with van der Waals surface area (Å²) < 4.78 is 6.39. The molecule has 0 aliphatic rings. The molecule has 33 heavy (non-hydrogen) atoms. The van der Waals surface area contributed by atoms with Gasteiger partial charge in [-0.05, 0) is 85.4 Å². The van der Waals surface area contributed by atoms with E-state index in [1.165, 1.54) is 21.9 Å². The van der Waals surface area contributed by atoms with E-state index in [0.717, 1.165) is 51.8 Å². The van der Waals surface area contributed by atoms with Gasteiger partial charge in [0.15, 0.2) is 0 Å². The average Bonchev–Trinajstić information content (AvgIpc) is 3.09. The number of hydrogen-bond acceptors (Lipinski definition) is 3. The fourth-order valence-electron chi connectivity index (χ4n) is 4.91. The van der Waals surface area contributed by atoms with Crippen LogP contribution >= 0.6 is 0 Å². The van der Waals surface area contributed by atoms with Crippen molar-refractivity contribution in [1.82, 2.24) is 9.97 Å². The van der Waals surface area contributed by atoms with Crippen molar-refractivity contribution >= 4 is 32.8 Å². The molecule has 0 spiro atoms. The number of rotatable bonds is 5. The summed E-state index contributed by atoms with van der Waals surface area (Å²) in [7, 11) is 0. The monoisotopic (exact) mass is 436 g/mol. The minimum Gasteiger partial charge on any atom is -0.437 e. The molecule has 3 aromatic heterocycles. The molecule has 0 saturated carbocycles. The first-order valence-corrected chi connectivity index (χ1v) is 12.0. The standard InChI is InChI=1S/C30H32N2O/c1-17(2)12-21-8-7-9-23-25(21)16-22(13-18(3)4)32-28(23)27-15-19(5)14-26-24-11-10-20(6)31-30(24)33-29(26)27/h7-11,14-18H,12-13H2,1-6H3. The molecule has 0 atom stereocenters. The van der Waals surface area contributed by atoms with E-state index in [2.05, 4.69) is 82.1 Å². The van der Waals surface area contributed by atoms with Crippen molar-refractivity contribution in [3.8, 4) is 11.3 Å². The number of aromatic nitrogens is 2. The van der Waals surface area contributed by atoms with Crippen LogP contribution in [0.3, 0.4) is 0 Å². The van der Waals surface area contributed by atoms with Gasteiger partial charge in [0.2, 0.25) is 5.71 Å². The third kappa shape index (κ3) is 4.01. The summed E-state index contributed by atoms with van der Waals surface area (Å²) in [6, 6.07) is 17.5. The molecule has 168 valence electrons. The highest BCUT2D eigenvalue weighted by atomic mass is 16.3. The molecule has 0 radical (unpaired) electrons. The summed E-state index contributed by atoms with van der Waals surface area (Å²) in [4.78, 5) is 9.89. The Kier molecular flexibility index (Phi) is 5.44. The molecule has 0 unspecified atom stereocenters. The second kappa shape index (κ2) is 8.30. The van der Waals surface area contributed by atoms with Crippen molar-refractivity contribution in [3.63, 3.8) is 0 Å². The Morgan fingerprint density at radius 1 is 0.758 bits per heavy atom. The van der Waals surface area contributed by atoms with Gasteiger partial charge in [-0.2, -0.15) is 0 Å². The van der Waals surface area contributed by atoms with Gasteiger partial charge in [-0.15, -0.1) is 0 Å². The van der Waals surface area contributed by atoms with Gasteiger partial charge in [0.1, 0.15) is 5.58 Å². The van der Waals surface area contributed by atoms with E-state index >= 15 is 0 Å². The molecule has 5 rings (SSSR count). The van der Waals surface area contributed by atoms with E-state index in [9.17, 15) is 0 Å². The smallest absolute Gasteiger partial charge is 0.227 e. The fraction of sp³-hybridized carbons (Fsp3) is 0.333. The van der Waals surface area contributed by atoms with Crippen molar-refractivity contribution < 1.29 is 4.42 Å². The van der Waals surface area contributed by atoms with Gasteiger partial charge in [0, 0.05) is 33.1 Å². The molecular weight excluding hydrogens is 404 g/mol. The molecule has 3 nitrogen and oxygen atoms in total. The van der Waals surface area contributed by atoms with E-state index in [4.69, 9.17) is 9.40 Å². The average molecular weight is 437 g/mol. The van der Waals surface area contributed by atoms with Crippen molar-refractivity contribution in [2.75, 3.05) is 0 Å². The third-order valence-corrected chi connectivity index (χ3v) is 6.24. The first kappa shape index (κ1) is 21.6. The number of pyridine rings is 2. The molecule has 3 heteroatoms. The first-order valence-electron chi connectivity index (χ1n) is 12.0. The van der Waals surface area contributed by atoms with Gasteiger partial charge < -0.3 is 4.42 Å². The van der Waals surface area contributed by atoms with E-state index in [1.807, 2.05) is 13.0 Å². The summed E-state index contributed by atoms with van der Waals surface area (Å²) in [5.41, 5.74) is 8.32. The summed E-state index contributed by atoms with van der Waals surface area (Å²) in [6.07, 6.45) is 2.01. The highest BCUT2D eigenvalue weighted by Gasteiger charge is 2.19. The molecule has 0 saturated heterocycles. The van der Waals surface area contributed by atoms with E-state index in [0.29, 0.717) is 17.5 Å². The number of nitrogens with zero attached hydrogens (tertiary/aromatic N) is 2. The minimum absolute atomic E-state index is 0.538. The fourth-order valence-corrected chi connectivity index (χ4v) is 4.91. The minimum atomic E-state index is 0.538. The van der Waals surface area contributed by atoms with Crippen molar-refractivity contribution in [1.29, 1.82) is 0 Å². The highest BCUT2D eigenvalue weighted by Crippen LogP contribution is 2.39. The summed E-state index contributed by atoms with van der Waals surface area (Å²) in [5, 5.41) is 4.67. The van der Waals surface area contributed by atoms with Gasteiger partial charge in [-0.25, -0.2) is 4.98 Å². The number of furan rings is 1. The summed E-state index contributed by atoms with van der Waals surface area (Å²) >= 11 is 0. The van der Waals surface area contributed by atoms with Crippen LogP contribution in [0.2, 0.25) is 0 Å². The van der Waals surface area contributed by atoms with Crippen molar-refractivity contribution in [2.45, 2.75) is 54.4 Å². The topological polar surface area (TPSA) is 38.9 Å². The normalized spacial score (nSPS) is 12.1. The molecule has 0 amide bonds. The molecular formula is C30H32N2O. The molecule has 0 bridgehead atoms. The van der Waals surface area contributed by atoms with Crippen LogP contribution in [0.4, 0.5) is 0 Å². The van der Waals surface area contributed by atoms with Gasteiger partial charge >= 0.3 is 0 Å². The maximum atomic E-state index is 6.39. The largest absolute Gasteiger partial charge is 0.437 e. The van der Waals surface area contributed by atoms with Crippen LogP contribution in [0.25, 0.3) is 44.1 Å². The van der Waals surface area contributed by atoms with Crippen LogP contribution in [-0.4, -0.2) is 9.97 Å². The Morgan fingerprint density at radius 2 is 1.55 bits per heavy atom. The Labute approximate surface area is 195 Å². The lowest BCUT2D eigenvalue weighted by Crippen LogP contribution is -2.02. The van der Waals surface area contributed by atoms with Crippen molar-refractivity contribution in [2.24, 2.45) is 11.8 Å². The Morgan fingerprint density at radius 3 is 2.30 bits per heavy atom. The van der Waals surface area contributed by atoms with Crippen molar-refractivity contribution in [3.05, 3.63) is 71.0 Å². The van der Waals surface area contributed by atoms with Crippen LogP contribution in [0.15, 0.2) is 52.9 Å². The molecule has 0 N–H and O–H groups in total. The maximum absolute atomic E-state index is 6.39. The quantitative estimate of drug-likeness (QED) is 0.279. The Balaban J connectivity index is 1.86. The number of benzene rings is 2. The second-order valence-electron chi connectivity index (χ2n) is 10.3. The van der Waals surface area contributed by atoms with Crippen LogP contribution in [0.1, 0.15) is 50.2 Å². The zero-order valence-corrected chi connectivity index (χ0v) is 20.5. The Hall–Kier alpha value is -3.20. The SMILES string of the molecule is Cc1cc(-c2nc(CC(C)C)cc3c(CC(C)C)cccc23)c2oc3nc(C)ccc3c2c1. The summed E-state index contributed by atoms with van der Waals surface area (Å²) in [6.45, 7) is 13.2. The van der Waals surface area contributed by atoms with Gasteiger partial charge in [0.05, 0.1) is 5.69 Å². The lowest BCUT2D eigenvalue weighted by Gasteiger charge is -2.15. The van der Waals surface area contributed by atoms with Crippen LogP contribution < -0.4 is 0 Å². The number of fused-ring (bicyclic) bond motifs is 4. The molecule has 5 aromatic rings. The lowest BCUT2D eigenvalue weighted by molar-refractivity contribution is 0.635. The molecule has 2 aromatic carbocycles. The number of aryl methyl sites for hydroxylation is 2. The van der Waals surface area contributed by atoms with Gasteiger partial charge in [0.25, 0.3) is 0 Å². The van der Waals surface area contributed by atoms with Crippen LogP contribution in [0, 0.1) is 25.7 Å². The first-order chi connectivity index (χ1) is 15.8. The summed E-state index contributed by atoms with van der Waals surface area (Å²) in [5.74, 6) is 1.13. The molecule has 3 heterocycles. The van der Waals surface area contributed by atoms with Gasteiger partial charge in [-0.1, -0.05) is 45.9 Å². The zero-order chi connectivity index (χ0) is 23.3. The maximum Gasteiger partial charge on any atom is 0.227 e. The van der Waals surface area contributed by atoms with E-state index in [-0.39, 0.29) is 0 Å². The highest BCUT2D eigenvalue weighted by molar-refractivity contribution is 6.11. The predicted octanol–water partition coefficient (Wildman–Crippen LogP) is 8.21. The van der Waals surface area contributed by atoms with E-state index < -0.39 is 0 Å².